The summed E-state index contributed by atoms with van der Waals surface area (Å²) in [6, 6.07) is 9.25. The molecular weight excluding hydrogens is 308 g/mol. The van der Waals surface area contributed by atoms with Gasteiger partial charge in [0.05, 0.1) is 17.8 Å². The first-order chi connectivity index (χ1) is 10.2. The quantitative estimate of drug-likeness (QED) is 0.804. The average Bonchev–Trinajstić information content (AvgIpc) is 3.15. The van der Waals surface area contributed by atoms with Crippen molar-refractivity contribution in [2.24, 2.45) is 0 Å². The Labute approximate surface area is 131 Å². The molecule has 1 aromatic carbocycles. The maximum atomic E-state index is 9.08. The summed E-state index contributed by atoms with van der Waals surface area (Å²) in [6.07, 6.45) is 0. The van der Waals surface area contributed by atoms with Crippen molar-refractivity contribution in [2.45, 2.75) is 12.1 Å². The Bertz CT molecular complexity index is 664. The lowest BCUT2D eigenvalue weighted by atomic mass is 10.1. The van der Waals surface area contributed by atoms with Gasteiger partial charge in [0, 0.05) is 23.1 Å². The smallest absolute Gasteiger partial charge is 0.189 e. The highest BCUT2D eigenvalue weighted by atomic mass is 35.5. The summed E-state index contributed by atoms with van der Waals surface area (Å²) in [4.78, 5) is 6.59. The van der Waals surface area contributed by atoms with Gasteiger partial charge in [-0.25, -0.2) is 15.8 Å². The second-order valence-corrected chi connectivity index (χ2v) is 5.86. The van der Waals surface area contributed by atoms with Crippen molar-refractivity contribution in [1.29, 1.82) is 5.26 Å². The van der Waals surface area contributed by atoms with Gasteiger partial charge in [0.25, 0.3) is 0 Å². The van der Waals surface area contributed by atoms with E-state index >= 15 is 0 Å². The molecule has 2 atom stereocenters. The molecule has 3 rings (SSSR count). The van der Waals surface area contributed by atoms with Crippen LogP contribution in [0.25, 0.3) is 0 Å². The van der Waals surface area contributed by atoms with Crippen molar-refractivity contribution in [3.63, 3.8) is 0 Å². The van der Waals surface area contributed by atoms with E-state index in [2.05, 4.69) is 27.4 Å². The van der Waals surface area contributed by atoms with Crippen LogP contribution in [-0.2, 0) is 0 Å². The first kappa shape index (κ1) is 14.3. The van der Waals surface area contributed by atoms with E-state index in [9.17, 15) is 0 Å². The number of nitriles is 1. The molecule has 3 N–H and O–H groups in total. The number of rotatable bonds is 3. The first-order valence-electron chi connectivity index (χ1n) is 6.29. The molecule has 1 aromatic heterocycles. The molecule has 0 radical (unpaired) electrons. The summed E-state index contributed by atoms with van der Waals surface area (Å²) < 4.78 is 0. The molecule has 0 saturated carbocycles. The zero-order chi connectivity index (χ0) is 14.8. The summed E-state index contributed by atoms with van der Waals surface area (Å²) in [7, 11) is 1.95. The minimum atomic E-state index is -0.346. The van der Waals surface area contributed by atoms with Crippen LogP contribution >= 0.6 is 22.9 Å². The summed E-state index contributed by atoms with van der Waals surface area (Å²) in [6.45, 7) is 0. The van der Waals surface area contributed by atoms with Crippen LogP contribution in [0.4, 0.5) is 10.8 Å². The van der Waals surface area contributed by atoms with Crippen molar-refractivity contribution >= 4 is 33.8 Å². The lowest BCUT2D eigenvalue weighted by Crippen LogP contribution is -2.32. The topological polar surface area (TPSA) is 76.0 Å². The number of aromatic nitrogens is 1. The van der Waals surface area contributed by atoms with Gasteiger partial charge < -0.3 is 4.90 Å². The van der Waals surface area contributed by atoms with E-state index in [0.29, 0.717) is 5.02 Å². The molecule has 0 aliphatic carbocycles. The fourth-order valence-corrected chi connectivity index (χ4v) is 3.04. The van der Waals surface area contributed by atoms with Gasteiger partial charge in [-0.2, -0.15) is 10.8 Å². The van der Waals surface area contributed by atoms with Crippen molar-refractivity contribution in [2.75, 3.05) is 11.9 Å². The van der Waals surface area contributed by atoms with Crippen LogP contribution in [0.15, 0.2) is 29.6 Å². The SMILES string of the molecule is CN(c1ccc(Cl)cc1)c1nc(C2NNNC2C#N)cs1. The van der Waals surface area contributed by atoms with E-state index in [1.54, 1.807) is 0 Å². The number of hydrazine groups is 2. The number of hydrogen-bond donors (Lipinski definition) is 3. The molecule has 0 amide bonds. The number of anilines is 2. The molecule has 1 fully saturated rings. The molecule has 8 heteroatoms. The van der Waals surface area contributed by atoms with E-state index in [1.807, 2.05) is 41.6 Å². The number of benzene rings is 1. The molecular formula is C13H13ClN6S. The second kappa shape index (κ2) is 5.97. The molecule has 21 heavy (non-hydrogen) atoms. The van der Waals surface area contributed by atoms with Crippen LogP contribution in [0, 0.1) is 11.3 Å². The van der Waals surface area contributed by atoms with Crippen LogP contribution < -0.4 is 21.3 Å². The van der Waals surface area contributed by atoms with Gasteiger partial charge in [-0.15, -0.1) is 11.3 Å². The molecule has 1 aliphatic rings. The minimum absolute atomic E-state index is 0.168. The largest absolute Gasteiger partial charge is 0.321 e. The van der Waals surface area contributed by atoms with E-state index in [0.717, 1.165) is 16.5 Å². The van der Waals surface area contributed by atoms with Crippen molar-refractivity contribution in [3.05, 3.63) is 40.4 Å². The molecule has 2 unspecified atom stereocenters. The van der Waals surface area contributed by atoms with Gasteiger partial charge in [0.2, 0.25) is 0 Å². The molecule has 1 aliphatic heterocycles. The molecule has 2 aromatic rings. The normalized spacial score (nSPS) is 21.2. The zero-order valence-corrected chi connectivity index (χ0v) is 12.7. The Morgan fingerprint density at radius 1 is 1.33 bits per heavy atom. The Morgan fingerprint density at radius 3 is 2.81 bits per heavy atom. The molecule has 108 valence electrons. The number of thiazole rings is 1. The number of hydrogen-bond acceptors (Lipinski definition) is 7. The summed E-state index contributed by atoms with van der Waals surface area (Å²) in [5.74, 6) is 0. The van der Waals surface area contributed by atoms with Gasteiger partial charge in [0.1, 0.15) is 6.04 Å². The number of nitrogens with zero attached hydrogens (tertiary/aromatic N) is 3. The van der Waals surface area contributed by atoms with E-state index in [4.69, 9.17) is 16.9 Å². The highest BCUT2D eigenvalue weighted by molar-refractivity contribution is 7.13. The van der Waals surface area contributed by atoms with Gasteiger partial charge in [-0.05, 0) is 24.3 Å². The fraction of sp³-hybridized carbons (Fsp3) is 0.231. The predicted molar refractivity (Wildman–Crippen MR) is 83.2 cm³/mol. The maximum Gasteiger partial charge on any atom is 0.189 e. The fourth-order valence-electron chi connectivity index (χ4n) is 2.06. The number of halogens is 1. The Hall–Kier alpha value is -1.69. The summed E-state index contributed by atoms with van der Waals surface area (Å²) in [5.41, 5.74) is 10.4. The summed E-state index contributed by atoms with van der Waals surface area (Å²) >= 11 is 7.43. The average molecular weight is 321 g/mol. The van der Waals surface area contributed by atoms with E-state index in [1.165, 1.54) is 11.3 Å². The lowest BCUT2D eigenvalue weighted by molar-refractivity contribution is 0.550. The highest BCUT2D eigenvalue weighted by Gasteiger charge is 2.30. The van der Waals surface area contributed by atoms with Crippen molar-refractivity contribution in [3.8, 4) is 6.07 Å². The predicted octanol–water partition coefficient (Wildman–Crippen LogP) is 2.11. The second-order valence-electron chi connectivity index (χ2n) is 4.59. The van der Waals surface area contributed by atoms with Gasteiger partial charge >= 0.3 is 0 Å². The van der Waals surface area contributed by atoms with Gasteiger partial charge in [-0.1, -0.05) is 11.6 Å². The van der Waals surface area contributed by atoms with Gasteiger partial charge in [0.15, 0.2) is 5.13 Å². The first-order valence-corrected chi connectivity index (χ1v) is 7.55. The Kier molecular flexibility index (Phi) is 4.05. The molecule has 0 bridgehead atoms. The molecule has 1 saturated heterocycles. The third kappa shape index (κ3) is 2.85. The molecule has 2 heterocycles. The summed E-state index contributed by atoms with van der Waals surface area (Å²) in [5, 5.41) is 12.6. The van der Waals surface area contributed by atoms with Crippen LogP contribution in [0.2, 0.25) is 5.02 Å². The number of nitrogens with one attached hydrogen (secondary N) is 3. The highest BCUT2D eigenvalue weighted by Crippen LogP contribution is 2.30. The Balaban J connectivity index is 1.81. The standard InChI is InChI=1S/C13H13ClN6S/c1-20(9-4-2-8(14)3-5-9)13-16-11(7-21-13)12-10(6-15)17-19-18-12/h2-5,7,10,12,17-19H,1H3. The van der Waals surface area contributed by atoms with Crippen molar-refractivity contribution in [1.82, 2.24) is 21.4 Å². The van der Waals surface area contributed by atoms with E-state index < -0.39 is 0 Å². The molecule has 0 spiro atoms. The molecule has 6 nitrogen and oxygen atoms in total. The van der Waals surface area contributed by atoms with Crippen LogP contribution in [0.1, 0.15) is 11.7 Å². The minimum Gasteiger partial charge on any atom is -0.321 e. The monoisotopic (exact) mass is 320 g/mol. The van der Waals surface area contributed by atoms with Crippen molar-refractivity contribution < 1.29 is 0 Å². The zero-order valence-electron chi connectivity index (χ0n) is 11.2. The Morgan fingerprint density at radius 2 is 2.10 bits per heavy atom. The third-order valence-corrected chi connectivity index (χ3v) is 4.44. The lowest BCUT2D eigenvalue weighted by Gasteiger charge is -2.16. The van der Waals surface area contributed by atoms with Crippen LogP contribution in [-0.4, -0.2) is 18.1 Å². The van der Waals surface area contributed by atoms with Gasteiger partial charge in [-0.3, -0.25) is 0 Å². The van der Waals surface area contributed by atoms with Crippen LogP contribution in [0.3, 0.4) is 0 Å². The maximum absolute atomic E-state index is 9.08. The third-order valence-electron chi connectivity index (χ3n) is 3.26. The van der Waals surface area contributed by atoms with E-state index in [-0.39, 0.29) is 12.1 Å². The van der Waals surface area contributed by atoms with Crippen LogP contribution in [0.5, 0.6) is 0 Å².